The fourth-order valence-electron chi connectivity index (χ4n) is 2.15. The van der Waals surface area contributed by atoms with Crippen molar-refractivity contribution in [1.82, 2.24) is 15.3 Å². The zero-order chi connectivity index (χ0) is 11.8. The number of aromatic amines is 1. The molecule has 3 rings (SSSR count). The highest BCUT2D eigenvalue weighted by Gasteiger charge is 2.11. The van der Waals surface area contributed by atoms with Crippen molar-refractivity contribution < 1.29 is 0 Å². The molecule has 5 nitrogen and oxygen atoms in total. The summed E-state index contributed by atoms with van der Waals surface area (Å²) in [6.45, 7) is 5.90. The third kappa shape index (κ3) is 1.63. The van der Waals surface area contributed by atoms with Gasteiger partial charge in [0.25, 0.3) is 0 Å². The number of nitrogens with zero attached hydrogens (tertiary/aromatic N) is 2. The molecule has 0 bridgehead atoms. The summed E-state index contributed by atoms with van der Waals surface area (Å²) in [5.74, 6) is 0.853. The quantitative estimate of drug-likeness (QED) is 0.695. The van der Waals surface area contributed by atoms with Gasteiger partial charge in [0.1, 0.15) is 0 Å². The van der Waals surface area contributed by atoms with Gasteiger partial charge < -0.3 is 15.6 Å². The second-order valence-corrected chi connectivity index (χ2v) is 4.27. The lowest BCUT2D eigenvalue weighted by molar-refractivity contribution is 0.959. The molecule has 1 aliphatic heterocycles. The molecule has 3 N–H and O–H groups in total. The lowest BCUT2D eigenvalue weighted by Gasteiger charge is -2.11. The van der Waals surface area contributed by atoms with E-state index in [2.05, 4.69) is 45.5 Å². The van der Waals surface area contributed by atoms with Crippen molar-refractivity contribution in [1.29, 1.82) is 0 Å². The van der Waals surface area contributed by atoms with E-state index < -0.39 is 0 Å². The molecule has 2 heterocycles. The molecule has 0 saturated carbocycles. The number of guanidine groups is 1. The normalized spacial score (nSPS) is 14.8. The highest BCUT2D eigenvalue weighted by Crippen LogP contribution is 2.26. The van der Waals surface area contributed by atoms with Crippen molar-refractivity contribution in [3.05, 3.63) is 23.5 Å². The maximum Gasteiger partial charge on any atom is 0.195 e. The Morgan fingerprint density at radius 2 is 2.24 bits per heavy atom. The van der Waals surface area contributed by atoms with E-state index in [4.69, 9.17) is 0 Å². The number of hydrogen-bond acceptors (Lipinski definition) is 4. The van der Waals surface area contributed by atoms with Crippen LogP contribution >= 0.6 is 0 Å². The molecule has 0 unspecified atom stereocenters. The zero-order valence-corrected chi connectivity index (χ0v) is 9.96. The van der Waals surface area contributed by atoms with Crippen LogP contribution in [0.2, 0.25) is 0 Å². The van der Waals surface area contributed by atoms with Gasteiger partial charge in [-0.1, -0.05) is 0 Å². The summed E-state index contributed by atoms with van der Waals surface area (Å²) in [5, 5.41) is 6.53. The molecule has 0 saturated heterocycles. The van der Waals surface area contributed by atoms with Gasteiger partial charge in [0.2, 0.25) is 0 Å². The van der Waals surface area contributed by atoms with E-state index in [1.54, 1.807) is 6.33 Å². The first-order valence-corrected chi connectivity index (χ1v) is 5.74. The molecule has 17 heavy (non-hydrogen) atoms. The third-order valence-corrected chi connectivity index (χ3v) is 3.08. The van der Waals surface area contributed by atoms with Crippen LogP contribution in [0.25, 0.3) is 11.0 Å². The number of imidazole rings is 1. The molecule has 0 aliphatic carbocycles. The van der Waals surface area contributed by atoms with Crippen molar-refractivity contribution in [3.63, 3.8) is 0 Å². The Hall–Kier alpha value is -2.04. The van der Waals surface area contributed by atoms with E-state index in [0.29, 0.717) is 0 Å². The summed E-state index contributed by atoms with van der Waals surface area (Å²) in [4.78, 5) is 11.8. The van der Waals surface area contributed by atoms with Gasteiger partial charge in [-0.2, -0.15) is 0 Å². The monoisotopic (exact) mass is 229 g/mol. The lowest BCUT2D eigenvalue weighted by Crippen LogP contribution is -2.26. The van der Waals surface area contributed by atoms with Gasteiger partial charge in [-0.25, -0.2) is 4.98 Å². The maximum atomic E-state index is 4.34. The summed E-state index contributed by atoms with van der Waals surface area (Å²) >= 11 is 0. The van der Waals surface area contributed by atoms with Gasteiger partial charge in [-0.15, -0.1) is 0 Å². The number of anilines is 1. The largest absolute Gasteiger partial charge is 0.354 e. The van der Waals surface area contributed by atoms with Gasteiger partial charge in [0.05, 0.1) is 23.9 Å². The highest BCUT2D eigenvalue weighted by atomic mass is 15.2. The fraction of sp³-hybridized carbons (Fsp3) is 0.333. The van der Waals surface area contributed by atoms with Gasteiger partial charge in [-0.05, 0) is 31.0 Å². The Labute approximate surface area is 99.4 Å². The Kier molecular flexibility index (Phi) is 2.24. The summed E-state index contributed by atoms with van der Waals surface area (Å²) in [5.41, 5.74) is 5.53. The zero-order valence-electron chi connectivity index (χ0n) is 9.96. The fourth-order valence-corrected chi connectivity index (χ4v) is 2.15. The molecular formula is C12H15N5. The van der Waals surface area contributed by atoms with Crippen LogP contribution in [-0.4, -0.2) is 29.0 Å². The summed E-state index contributed by atoms with van der Waals surface area (Å²) < 4.78 is 0. The molecular weight excluding hydrogens is 214 g/mol. The van der Waals surface area contributed by atoms with Crippen LogP contribution in [0.1, 0.15) is 11.1 Å². The Bertz CT molecular complexity index is 596. The van der Waals surface area contributed by atoms with E-state index in [1.165, 1.54) is 5.56 Å². The molecule has 0 amide bonds. The summed E-state index contributed by atoms with van der Waals surface area (Å²) in [6.07, 6.45) is 1.74. The SMILES string of the molecule is Cc1cc(NC2=NCCN2)c(C)c2[nH]cnc12. The van der Waals surface area contributed by atoms with Crippen molar-refractivity contribution >= 4 is 22.7 Å². The Morgan fingerprint density at radius 1 is 1.35 bits per heavy atom. The van der Waals surface area contributed by atoms with Crippen LogP contribution in [0.3, 0.4) is 0 Å². The topological polar surface area (TPSA) is 65.1 Å². The standard InChI is InChI=1S/C12H15N5/c1-7-5-9(17-12-13-3-4-14-12)8(2)11-10(7)15-6-16-11/h5-6H,3-4H2,1-2H3,(H,15,16)(H2,13,14,17). The molecule has 0 spiro atoms. The third-order valence-electron chi connectivity index (χ3n) is 3.08. The predicted molar refractivity (Wildman–Crippen MR) is 69.5 cm³/mol. The molecule has 88 valence electrons. The second-order valence-electron chi connectivity index (χ2n) is 4.27. The molecule has 2 aromatic rings. The Morgan fingerprint density at radius 3 is 3.00 bits per heavy atom. The summed E-state index contributed by atoms with van der Waals surface area (Å²) in [6, 6.07) is 2.11. The van der Waals surface area contributed by atoms with Gasteiger partial charge in [-0.3, -0.25) is 4.99 Å². The Balaban J connectivity index is 2.06. The average molecular weight is 229 g/mol. The van der Waals surface area contributed by atoms with Crippen molar-refractivity contribution in [2.45, 2.75) is 13.8 Å². The molecule has 0 fully saturated rings. The van der Waals surface area contributed by atoms with E-state index in [9.17, 15) is 0 Å². The van der Waals surface area contributed by atoms with Gasteiger partial charge in [0, 0.05) is 12.2 Å². The molecule has 1 aromatic carbocycles. The van der Waals surface area contributed by atoms with Crippen LogP contribution in [0.4, 0.5) is 5.69 Å². The van der Waals surface area contributed by atoms with E-state index in [0.717, 1.165) is 41.3 Å². The molecule has 0 atom stereocenters. The first-order chi connectivity index (χ1) is 8.25. The van der Waals surface area contributed by atoms with Crippen LogP contribution in [-0.2, 0) is 0 Å². The number of aryl methyl sites for hydroxylation is 2. The average Bonchev–Trinajstić information content (AvgIpc) is 2.96. The number of benzene rings is 1. The lowest BCUT2D eigenvalue weighted by atomic mass is 10.1. The number of aromatic nitrogens is 2. The van der Waals surface area contributed by atoms with E-state index in [1.807, 2.05) is 0 Å². The number of rotatable bonds is 1. The maximum absolute atomic E-state index is 4.34. The minimum absolute atomic E-state index is 0.840. The van der Waals surface area contributed by atoms with Crippen LogP contribution < -0.4 is 10.6 Å². The number of fused-ring (bicyclic) bond motifs is 1. The second kappa shape index (κ2) is 3.76. The predicted octanol–water partition coefficient (Wildman–Crippen LogP) is 1.55. The molecule has 1 aliphatic rings. The van der Waals surface area contributed by atoms with Gasteiger partial charge >= 0.3 is 0 Å². The first kappa shape index (κ1) is 10.1. The number of H-pyrrole nitrogens is 1. The smallest absolute Gasteiger partial charge is 0.195 e. The van der Waals surface area contributed by atoms with Crippen LogP contribution in [0.5, 0.6) is 0 Å². The molecule has 1 aromatic heterocycles. The van der Waals surface area contributed by atoms with E-state index in [-0.39, 0.29) is 0 Å². The minimum Gasteiger partial charge on any atom is -0.354 e. The number of hydrogen-bond donors (Lipinski definition) is 3. The first-order valence-electron chi connectivity index (χ1n) is 5.74. The van der Waals surface area contributed by atoms with E-state index >= 15 is 0 Å². The van der Waals surface area contributed by atoms with Crippen LogP contribution in [0, 0.1) is 13.8 Å². The van der Waals surface area contributed by atoms with Crippen LogP contribution in [0.15, 0.2) is 17.4 Å². The molecule has 5 heteroatoms. The van der Waals surface area contributed by atoms with Gasteiger partial charge in [0.15, 0.2) is 5.96 Å². The number of nitrogens with one attached hydrogen (secondary N) is 3. The van der Waals surface area contributed by atoms with Crippen molar-refractivity contribution in [2.75, 3.05) is 18.4 Å². The molecule has 0 radical (unpaired) electrons. The van der Waals surface area contributed by atoms with Crippen molar-refractivity contribution in [3.8, 4) is 0 Å². The summed E-state index contributed by atoms with van der Waals surface area (Å²) in [7, 11) is 0. The van der Waals surface area contributed by atoms with Crippen molar-refractivity contribution in [2.24, 2.45) is 4.99 Å². The number of aliphatic imine (C=N–C) groups is 1. The highest BCUT2D eigenvalue weighted by molar-refractivity contribution is 5.98. The minimum atomic E-state index is 0.840.